The summed E-state index contributed by atoms with van der Waals surface area (Å²) in [5, 5.41) is 2.80. The van der Waals surface area contributed by atoms with Gasteiger partial charge in [-0.15, -0.1) is 0 Å². The Morgan fingerprint density at radius 3 is 2.32 bits per heavy atom. The van der Waals surface area contributed by atoms with Crippen LogP contribution in [0.1, 0.15) is 34.3 Å². The summed E-state index contributed by atoms with van der Waals surface area (Å²) in [6.07, 6.45) is 4.56. The van der Waals surface area contributed by atoms with Gasteiger partial charge in [0.25, 0.3) is 5.91 Å². The van der Waals surface area contributed by atoms with E-state index in [0.717, 1.165) is 25.9 Å². The monoisotopic (exact) mass is 377 g/mol. The van der Waals surface area contributed by atoms with Crippen LogP contribution >= 0.6 is 0 Å². The van der Waals surface area contributed by atoms with Gasteiger partial charge in [-0.2, -0.15) is 0 Å². The lowest BCUT2D eigenvalue weighted by molar-refractivity contribution is -0.130. The van der Waals surface area contributed by atoms with Gasteiger partial charge in [-0.1, -0.05) is 24.3 Å². The Morgan fingerprint density at radius 2 is 1.57 bits per heavy atom. The van der Waals surface area contributed by atoms with E-state index in [9.17, 15) is 9.59 Å². The molecule has 0 radical (unpaired) electrons. The number of piperazine rings is 1. The molecule has 146 valence electrons. The molecule has 4 rings (SSSR count). The minimum atomic E-state index is -0.162. The zero-order valence-corrected chi connectivity index (χ0v) is 16.2. The molecular weight excluding hydrogens is 350 g/mol. The van der Waals surface area contributed by atoms with E-state index in [2.05, 4.69) is 28.4 Å². The van der Waals surface area contributed by atoms with Crippen LogP contribution in [0, 0.1) is 0 Å². The Morgan fingerprint density at radius 1 is 0.857 bits per heavy atom. The van der Waals surface area contributed by atoms with Crippen molar-refractivity contribution in [2.75, 3.05) is 37.6 Å². The first kappa shape index (κ1) is 18.5. The Kier molecular flexibility index (Phi) is 5.60. The molecule has 0 spiro atoms. The number of hydrogen-bond donors (Lipinski definition) is 1. The lowest BCUT2D eigenvalue weighted by Crippen LogP contribution is -2.51. The van der Waals surface area contributed by atoms with Crippen molar-refractivity contribution in [1.82, 2.24) is 10.2 Å². The highest BCUT2D eigenvalue weighted by Gasteiger charge is 2.22. The lowest BCUT2D eigenvalue weighted by Gasteiger charge is -2.36. The number of anilines is 1. The van der Waals surface area contributed by atoms with Crippen LogP contribution in [0.2, 0.25) is 0 Å². The number of amides is 2. The van der Waals surface area contributed by atoms with Gasteiger partial charge in [0.2, 0.25) is 5.91 Å². The van der Waals surface area contributed by atoms with E-state index in [0.29, 0.717) is 18.7 Å². The molecule has 0 unspecified atom stereocenters. The van der Waals surface area contributed by atoms with E-state index >= 15 is 0 Å². The van der Waals surface area contributed by atoms with Gasteiger partial charge >= 0.3 is 0 Å². The third-order valence-electron chi connectivity index (χ3n) is 5.76. The Hall–Kier alpha value is -2.82. The molecule has 28 heavy (non-hydrogen) atoms. The molecule has 0 atom stereocenters. The molecule has 2 aromatic rings. The van der Waals surface area contributed by atoms with Crippen LogP contribution in [0.3, 0.4) is 0 Å². The minimum absolute atomic E-state index is 0.0148. The highest BCUT2D eigenvalue weighted by Crippen LogP contribution is 2.22. The first-order valence-corrected chi connectivity index (χ1v) is 10.2. The molecule has 1 fully saturated rings. The maximum absolute atomic E-state index is 12.5. The minimum Gasteiger partial charge on any atom is -0.368 e. The third-order valence-corrected chi connectivity index (χ3v) is 5.76. The van der Waals surface area contributed by atoms with Crippen molar-refractivity contribution in [1.29, 1.82) is 0 Å². The maximum atomic E-state index is 12.5. The van der Waals surface area contributed by atoms with Crippen LogP contribution in [0.5, 0.6) is 0 Å². The van der Waals surface area contributed by atoms with Crippen molar-refractivity contribution >= 4 is 17.5 Å². The van der Waals surface area contributed by atoms with E-state index in [1.165, 1.54) is 29.7 Å². The van der Waals surface area contributed by atoms with Crippen LogP contribution in [0.4, 0.5) is 5.69 Å². The number of carbonyl (C=O) groups is 2. The number of benzene rings is 2. The number of para-hydroxylation sites is 1. The largest absolute Gasteiger partial charge is 0.368 e. The number of fused-ring (bicyclic) bond motifs is 1. The molecule has 1 N–H and O–H groups in total. The van der Waals surface area contributed by atoms with E-state index in [4.69, 9.17) is 0 Å². The number of aryl methyl sites for hydroxylation is 2. The molecule has 0 bridgehead atoms. The summed E-state index contributed by atoms with van der Waals surface area (Å²) in [5.74, 6) is -0.177. The third kappa shape index (κ3) is 4.19. The quantitative estimate of drug-likeness (QED) is 0.891. The molecule has 1 heterocycles. The molecule has 2 aliphatic rings. The van der Waals surface area contributed by atoms with E-state index in [1.54, 1.807) is 0 Å². The first-order valence-electron chi connectivity index (χ1n) is 10.2. The number of carbonyl (C=O) groups excluding carboxylic acids is 2. The second kappa shape index (κ2) is 8.46. The zero-order valence-electron chi connectivity index (χ0n) is 16.2. The lowest BCUT2D eigenvalue weighted by atomic mass is 9.90. The number of hydrogen-bond acceptors (Lipinski definition) is 3. The second-order valence-electron chi connectivity index (χ2n) is 7.58. The molecular formula is C23H27N3O2. The molecule has 0 saturated carbocycles. The summed E-state index contributed by atoms with van der Waals surface area (Å²) in [4.78, 5) is 29.1. The highest BCUT2D eigenvalue weighted by atomic mass is 16.2. The van der Waals surface area contributed by atoms with Crippen LogP contribution < -0.4 is 10.2 Å². The van der Waals surface area contributed by atoms with Crippen molar-refractivity contribution in [2.45, 2.75) is 25.7 Å². The average molecular weight is 377 g/mol. The van der Waals surface area contributed by atoms with Crippen LogP contribution in [0.25, 0.3) is 0 Å². The van der Waals surface area contributed by atoms with Gasteiger partial charge in [0, 0.05) is 37.4 Å². The Bertz CT molecular complexity index is 842. The van der Waals surface area contributed by atoms with Gasteiger partial charge in [-0.25, -0.2) is 0 Å². The SMILES string of the molecule is O=C(NCC(=O)N1CCN(c2ccccc2)CC1)c1ccc2c(c1)CCCC2. The summed E-state index contributed by atoms with van der Waals surface area (Å²) in [6.45, 7) is 3.05. The standard InChI is InChI=1S/C23H27N3O2/c27-22(26-14-12-25(13-15-26)21-8-2-1-3-9-21)17-24-23(28)20-11-10-18-6-4-5-7-19(18)16-20/h1-3,8-11,16H,4-7,12-15,17H2,(H,24,28). The summed E-state index contributed by atoms with van der Waals surface area (Å²) in [6, 6.07) is 16.2. The molecule has 1 aliphatic carbocycles. The zero-order chi connectivity index (χ0) is 19.3. The normalized spacial score (nSPS) is 16.4. The van der Waals surface area contributed by atoms with Gasteiger partial charge < -0.3 is 15.1 Å². The molecule has 5 nitrogen and oxygen atoms in total. The summed E-state index contributed by atoms with van der Waals surface area (Å²) >= 11 is 0. The van der Waals surface area contributed by atoms with Crippen molar-refractivity contribution < 1.29 is 9.59 Å². The Balaban J connectivity index is 1.27. The maximum Gasteiger partial charge on any atom is 0.251 e. The smallest absolute Gasteiger partial charge is 0.251 e. The fourth-order valence-corrected chi connectivity index (χ4v) is 4.10. The topological polar surface area (TPSA) is 52.7 Å². The van der Waals surface area contributed by atoms with Crippen molar-refractivity contribution in [3.63, 3.8) is 0 Å². The van der Waals surface area contributed by atoms with Gasteiger partial charge in [0.05, 0.1) is 6.54 Å². The van der Waals surface area contributed by atoms with E-state index in [-0.39, 0.29) is 18.4 Å². The van der Waals surface area contributed by atoms with Crippen molar-refractivity contribution in [3.05, 3.63) is 65.2 Å². The summed E-state index contributed by atoms with van der Waals surface area (Å²) in [5.41, 5.74) is 4.48. The molecule has 5 heteroatoms. The molecule has 1 saturated heterocycles. The van der Waals surface area contributed by atoms with Gasteiger partial charge in [0.15, 0.2) is 0 Å². The highest BCUT2D eigenvalue weighted by molar-refractivity contribution is 5.96. The van der Waals surface area contributed by atoms with Gasteiger partial charge in [-0.3, -0.25) is 9.59 Å². The first-order chi connectivity index (χ1) is 13.7. The number of rotatable bonds is 4. The fourth-order valence-electron chi connectivity index (χ4n) is 4.10. The van der Waals surface area contributed by atoms with E-state index in [1.807, 2.05) is 35.2 Å². The van der Waals surface area contributed by atoms with Crippen LogP contribution in [-0.4, -0.2) is 49.4 Å². The second-order valence-corrected chi connectivity index (χ2v) is 7.58. The van der Waals surface area contributed by atoms with E-state index < -0.39 is 0 Å². The number of nitrogens with zero attached hydrogens (tertiary/aromatic N) is 2. The molecule has 2 amide bonds. The van der Waals surface area contributed by atoms with Crippen molar-refractivity contribution in [3.8, 4) is 0 Å². The van der Waals surface area contributed by atoms with Crippen LogP contribution in [-0.2, 0) is 17.6 Å². The van der Waals surface area contributed by atoms with Crippen LogP contribution in [0.15, 0.2) is 48.5 Å². The summed E-state index contributed by atoms with van der Waals surface area (Å²) < 4.78 is 0. The summed E-state index contributed by atoms with van der Waals surface area (Å²) in [7, 11) is 0. The van der Waals surface area contributed by atoms with Crippen molar-refractivity contribution in [2.24, 2.45) is 0 Å². The predicted molar refractivity (Wildman–Crippen MR) is 111 cm³/mol. The number of nitrogens with one attached hydrogen (secondary N) is 1. The van der Waals surface area contributed by atoms with Gasteiger partial charge in [0.1, 0.15) is 0 Å². The molecule has 0 aromatic heterocycles. The Labute approximate surface area is 166 Å². The fraction of sp³-hybridized carbons (Fsp3) is 0.391. The molecule has 1 aliphatic heterocycles. The van der Waals surface area contributed by atoms with Gasteiger partial charge in [-0.05, 0) is 61.1 Å². The predicted octanol–water partition coefficient (Wildman–Crippen LogP) is 2.64. The average Bonchev–Trinajstić information content (AvgIpc) is 2.77. The molecule has 2 aromatic carbocycles.